The first-order valence-electron chi connectivity index (χ1n) is 12.3. The smallest absolute Gasteiger partial charge is 0.238 e. The average Bonchev–Trinajstić information content (AvgIpc) is 2.82. The standard InChI is InChI=1S/C25H42FN5O3/c1-5-20(3)25(34)30(4)16-12-8-11-15-23(32)28-19-31(26)18-24(33)29-22(27-6-2)17-21-13-9-7-10-14-21/h7,9-10,13-14,20,22,27H,5-6,8,11-12,15-19H2,1-4H3,(H,28,32)(H,29,33). The zero-order valence-electron chi connectivity index (χ0n) is 21.1. The minimum absolute atomic E-state index is 0.0270. The Labute approximate surface area is 203 Å². The Morgan fingerprint density at radius 2 is 1.74 bits per heavy atom. The van der Waals surface area contributed by atoms with Crippen LogP contribution in [0.25, 0.3) is 0 Å². The van der Waals surface area contributed by atoms with Gasteiger partial charge < -0.3 is 15.5 Å². The molecule has 0 saturated carbocycles. The van der Waals surface area contributed by atoms with Crippen LogP contribution in [0.2, 0.25) is 0 Å². The summed E-state index contributed by atoms with van der Waals surface area (Å²) in [7, 11) is 1.80. The molecule has 0 aromatic heterocycles. The van der Waals surface area contributed by atoms with E-state index in [-0.39, 0.29) is 42.1 Å². The van der Waals surface area contributed by atoms with Crippen LogP contribution in [-0.2, 0) is 20.8 Å². The fraction of sp³-hybridized carbons (Fsp3) is 0.640. The molecule has 8 nitrogen and oxygen atoms in total. The molecule has 0 radical (unpaired) electrons. The molecule has 34 heavy (non-hydrogen) atoms. The fourth-order valence-electron chi connectivity index (χ4n) is 3.46. The summed E-state index contributed by atoms with van der Waals surface area (Å²) in [5, 5.41) is 8.75. The molecule has 192 valence electrons. The second-order valence-corrected chi connectivity index (χ2v) is 8.63. The third-order valence-corrected chi connectivity index (χ3v) is 5.64. The lowest BCUT2D eigenvalue weighted by molar-refractivity contribution is -0.133. The SMILES string of the molecule is CCNC(Cc1ccccc1)NC(=O)CN(F)CNC(=O)CCCCCN(C)C(=O)C(C)CC. The molecule has 0 fully saturated rings. The molecule has 1 aromatic rings. The summed E-state index contributed by atoms with van der Waals surface area (Å²) in [5.74, 6) is -0.556. The molecule has 1 rings (SSSR count). The van der Waals surface area contributed by atoms with Crippen molar-refractivity contribution < 1.29 is 18.9 Å². The molecule has 0 aliphatic rings. The Balaban J connectivity index is 2.22. The number of hydrogen-bond donors (Lipinski definition) is 3. The lowest BCUT2D eigenvalue weighted by Crippen LogP contribution is -2.49. The van der Waals surface area contributed by atoms with Crippen LogP contribution in [0.5, 0.6) is 0 Å². The van der Waals surface area contributed by atoms with Gasteiger partial charge in [-0.15, -0.1) is 9.60 Å². The van der Waals surface area contributed by atoms with Gasteiger partial charge in [0.1, 0.15) is 6.54 Å². The summed E-state index contributed by atoms with van der Waals surface area (Å²) in [6.45, 7) is 6.37. The maximum atomic E-state index is 14.1. The van der Waals surface area contributed by atoms with Gasteiger partial charge in [-0.05, 0) is 31.4 Å². The quantitative estimate of drug-likeness (QED) is 0.181. The Hall–Kier alpha value is -2.52. The van der Waals surface area contributed by atoms with Crippen molar-refractivity contribution >= 4 is 17.7 Å². The molecule has 0 aliphatic carbocycles. The van der Waals surface area contributed by atoms with Crippen molar-refractivity contribution in [1.29, 1.82) is 0 Å². The molecular weight excluding hydrogens is 437 g/mol. The van der Waals surface area contributed by atoms with Gasteiger partial charge >= 0.3 is 0 Å². The van der Waals surface area contributed by atoms with E-state index in [4.69, 9.17) is 0 Å². The zero-order chi connectivity index (χ0) is 25.3. The van der Waals surface area contributed by atoms with E-state index in [0.29, 0.717) is 25.9 Å². The predicted molar refractivity (Wildman–Crippen MR) is 132 cm³/mol. The second-order valence-electron chi connectivity index (χ2n) is 8.63. The van der Waals surface area contributed by atoms with Crippen molar-refractivity contribution in [3.8, 4) is 0 Å². The maximum absolute atomic E-state index is 14.1. The molecule has 0 heterocycles. The molecule has 0 aliphatic heterocycles. The first kappa shape index (κ1) is 29.5. The molecule has 2 atom stereocenters. The zero-order valence-corrected chi connectivity index (χ0v) is 21.1. The highest BCUT2D eigenvalue weighted by Crippen LogP contribution is 2.07. The van der Waals surface area contributed by atoms with Gasteiger partial charge in [0.05, 0.1) is 12.8 Å². The number of nitrogens with one attached hydrogen (secondary N) is 3. The highest BCUT2D eigenvalue weighted by Gasteiger charge is 2.16. The number of amides is 3. The largest absolute Gasteiger partial charge is 0.346 e. The summed E-state index contributed by atoms with van der Waals surface area (Å²) in [4.78, 5) is 37.9. The molecule has 3 amide bonds. The minimum atomic E-state index is -0.465. The molecule has 1 aromatic carbocycles. The Morgan fingerprint density at radius 1 is 1.03 bits per heavy atom. The van der Waals surface area contributed by atoms with Gasteiger partial charge in [-0.2, -0.15) is 0 Å². The molecule has 2 unspecified atom stereocenters. The number of nitrogens with zero attached hydrogens (tertiary/aromatic N) is 2. The van der Waals surface area contributed by atoms with E-state index in [2.05, 4.69) is 16.0 Å². The van der Waals surface area contributed by atoms with Crippen molar-refractivity contribution in [3.63, 3.8) is 0 Å². The van der Waals surface area contributed by atoms with E-state index in [1.54, 1.807) is 11.9 Å². The predicted octanol–water partition coefficient (Wildman–Crippen LogP) is 2.61. The first-order valence-corrected chi connectivity index (χ1v) is 12.3. The van der Waals surface area contributed by atoms with Crippen molar-refractivity contribution in [3.05, 3.63) is 35.9 Å². The van der Waals surface area contributed by atoms with E-state index in [1.165, 1.54) is 0 Å². The van der Waals surface area contributed by atoms with Crippen LogP contribution < -0.4 is 16.0 Å². The third kappa shape index (κ3) is 12.6. The van der Waals surface area contributed by atoms with Crippen molar-refractivity contribution in [2.45, 2.75) is 65.5 Å². The first-order chi connectivity index (χ1) is 16.3. The molecule has 0 saturated heterocycles. The van der Waals surface area contributed by atoms with Crippen LogP contribution in [0.1, 0.15) is 58.4 Å². The van der Waals surface area contributed by atoms with E-state index < -0.39 is 12.5 Å². The van der Waals surface area contributed by atoms with Gasteiger partial charge in [-0.1, -0.05) is 57.5 Å². The summed E-state index contributed by atoms with van der Waals surface area (Å²) in [5.41, 5.74) is 1.06. The summed E-state index contributed by atoms with van der Waals surface area (Å²) >= 11 is 0. The number of hydrogen-bond acceptors (Lipinski definition) is 5. The van der Waals surface area contributed by atoms with E-state index in [0.717, 1.165) is 24.8 Å². The maximum Gasteiger partial charge on any atom is 0.238 e. The van der Waals surface area contributed by atoms with Gasteiger partial charge in [0.25, 0.3) is 0 Å². The monoisotopic (exact) mass is 479 g/mol. The van der Waals surface area contributed by atoms with Gasteiger partial charge in [-0.25, -0.2) is 0 Å². The van der Waals surface area contributed by atoms with Crippen LogP contribution in [0.3, 0.4) is 0 Å². The van der Waals surface area contributed by atoms with Crippen LogP contribution >= 0.6 is 0 Å². The van der Waals surface area contributed by atoms with Gasteiger partial charge in [0, 0.05) is 32.4 Å². The summed E-state index contributed by atoms with van der Waals surface area (Å²) < 4.78 is 14.1. The van der Waals surface area contributed by atoms with Gasteiger partial charge in [0.2, 0.25) is 17.7 Å². The van der Waals surface area contributed by atoms with Crippen LogP contribution in [-0.4, -0.2) is 67.3 Å². The molecule has 9 heteroatoms. The van der Waals surface area contributed by atoms with Crippen LogP contribution in [0.15, 0.2) is 30.3 Å². The molecular formula is C25H42FN5O3. The second kappa shape index (κ2) is 17.0. The highest BCUT2D eigenvalue weighted by molar-refractivity contribution is 5.79. The van der Waals surface area contributed by atoms with Gasteiger partial charge in [-0.3, -0.25) is 19.7 Å². The number of likely N-dealkylation sites (N-methyl/N-ethyl adjacent to an activating group) is 1. The van der Waals surface area contributed by atoms with Crippen molar-refractivity contribution in [1.82, 2.24) is 26.0 Å². The van der Waals surface area contributed by atoms with Crippen molar-refractivity contribution in [2.24, 2.45) is 5.92 Å². The molecule has 3 N–H and O–H groups in total. The van der Waals surface area contributed by atoms with Crippen LogP contribution in [0.4, 0.5) is 4.48 Å². The lowest BCUT2D eigenvalue weighted by atomic mass is 10.1. The van der Waals surface area contributed by atoms with E-state index >= 15 is 0 Å². The Bertz CT molecular complexity index is 735. The molecule has 0 bridgehead atoms. The Morgan fingerprint density at radius 3 is 2.38 bits per heavy atom. The number of halogens is 1. The summed E-state index contributed by atoms with van der Waals surface area (Å²) in [6.07, 6.45) is 3.67. The number of carbonyl (C=O) groups excluding carboxylic acids is 3. The topological polar surface area (TPSA) is 93.8 Å². The van der Waals surface area contributed by atoms with E-state index in [9.17, 15) is 18.9 Å². The Kier molecular flexibility index (Phi) is 14.8. The van der Waals surface area contributed by atoms with Crippen LogP contribution in [0, 0.1) is 5.92 Å². The average molecular weight is 480 g/mol. The fourth-order valence-corrected chi connectivity index (χ4v) is 3.46. The number of carbonyl (C=O) groups is 3. The molecule has 0 spiro atoms. The normalized spacial score (nSPS) is 12.8. The van der Waals surface area contributed by atoms with Gasteiger partial charge in [0.15, 0.2) is 0 Å². The minimum Gasteiger partial charge on any atom is -0.346 e. The number of unbranched alkanes of at least 4 members (excludes halogenated alkanes) is 2. The van der Waals surface area contributed by atoms with E-state index in [1.807, 2.05) is 51.1 Å². The third-order valence-electron chi connectivity index (χ3n) is 5.64. The lowest BCUT2D eigenvalue weighted by Gasteiger charge is -2.21. The number of rotatable bonds is 17. The van der Waals surface area contributed by atoms with Crippen molar-refractivity contribution in [2.75, 3.05) is 33.4 Å². The number of benzene rings is 1. The highest BCUT2D eigenvalue weighted by atomic mass is 19.2. The summed E-state index contributed by atoms with van der Waals surface area (Å²) in [6, 6.07) is 9.73.